The highest BCUT2D eigenvalue weighted by atomic mass is 28.5. The van der Waals surface area contributed by atoms with Gasteiger partial charge in [0, 0.05) is 6.55 Å². The summed E-state index contributed by atoms with van der Waals surface area (Å²) in [6.07, 6.45) is 0. The zero-order chi connectivity index (χ0) is 18.7. The molecule has 0 N–H and O–H groups in total. The molecule has 0 aliphatic rings. The van der Waals surface area contributed by atoms with E-state index in [1.807, 2.05) is 17.9 Å². The lowest BCUT2D eigenvalue weighted by Crippen LogP contribution is -2.61. The van der Waals surface area contributed by atoms with E-state index in [4.69, 9.17) is 16.5 Å². The Balaban J connectivity index is 5.45. The standard InChI is InChI=1S/C14H36O4Si5/c1-13-20(6,7)16-22(10,11)18-23(12,15-19(3,4)5)17-21(8,9)14-2/h13-14H,1-2H2,3-12H3. The van der Waals surface area contributed by atoms with Crippen molar-refractivity contribution in [3.8, 4) is 0 Å². The van der Waals surface area contributed by atoms with E-state index in [9.17, 15) is 0 Å². The first-order valence-electron chi connectivity index (χ1n) is 8.03. The lowest BCUT2D eigenvalue weighted by atomic mass is 11.3. The first-order valence-corrected chi connectivity index (χ1v) is 22.4. The van der Waals surface area contributed by atoms with E-state index >= 15 is 0 Å². The summed E-state index contributed by atoms with van der Waals surface area (Å²) < 4.78 is 25.7. The van der Waals surface area contributed by atoms with Gasteiger partial charge in [-0.15, -0.1) is 13.2 Å². The molecule has 0 aromatic rings. The van der Waals surface area contributed by atoms with E-state index in [0.717, 1.165) is 0 Å². The van der Waals surface area contributed by atoms with Gasteiger partial charge in [-0.1, -0.05) is 11.4 Å². The molecule has 1 unspecified atom stereocenters. The van der Waals surface area contributed by atoms with Crippen LogP contribution in [0.25, 0.3) is 0 Å². The number of hydrogen-bond acceptors (Lipinski definition) is 4. The van der Waals surface area contributed by atoms with Gasteiger partial charge < -0.3 is 16.5 Å². The van der Waals surface area contributed by atoms with Crippen molar-refractivity contribution in [2.24, 2.45) is 0 Å². The Morgan fingerprint density at radius 3 is 1.30 bits per heavy atom. The Hall–Kier alpha value is 0.404. The quantitative estimate of drug-likeness (QED) is 0.476. The molecular formula is C14H36O4Si5. The molecule has 4 nitrogen and oxygen atoms in total. The van der Waals surface area contributed by atoms with E-state index in [2.05, 4.69) is 72.1 Å². The summed E-state index contributed by atoms with van der Waals surface area (Å²) in [6.45, 7) is 28.9. The molecular weight excluding hydrogens is 373 g/mol. The van der Waals surface area contributed by atoms with E-state index < -0.39 is 42.3 Å². The minimum Gasteiger partial charge on any atom is -0.433 e. The lowest BCUT2D eigenvalue weighted by molar-refractivity contribution is 0.237. The predicted octanol–water partition coefficient (Wildman–Crippen LogP) is 5.02. The molecule has 0 aromatic carbocycles. The van der Waals surface area contributed by atoms with Crippen molar-refractivity contribution in [3.05, 3.63) is 24.6 Å². The van der Waals surface area contributed by atoms with E-state index in [0.29, 0.717) is 0 Å². The van der Waals surface area contributed by atoms with Gasteiger partial charge in [-0.2, -0.15) is 0 Å². The van der Waals surface area contributed by atoms with Gasteiger partial charge in [0.2, 0.25) is 8.32 Å². The fourth-order valence-electron chi connectivity index (χ4n) is 2.28. The van der Waals surface area contributed by atoms with Crippen LogP contribution in [0.5, 0.6) is 0 Å². The molecule has 9 heteroatoms. The molecule has 0 saturated heterocycles. The van der Waals surface area contributed by atoms with Gasteiger partial charge in [0.05, 0.1) is 0 Å². The highest BCUT2D eigenvalue weighted by Crippen LogP contribution is 2.27. The minimum atomic E-state index is -2.81. The maximum Gasteiger partial charge on any atom is 0.468 e. The Morgan fingerprint density at radius 2 is 0.957 bits per heavy atom. The Kier molecular flexibility index (Phi) is 7.88. The maximum absolute atomic E-state index is 6.50. The van der Waals surface area contributed by atoms with Gasteiger partial charge in [-0.25, -0.2) is 0 Å². The van der Waals surface area contributed by atoms with E-state index in [1.165, 1.54) is 0 Å². The second-order valence-corrected chi connectivity index (χ2v) is 27.6. The van der Waals surface area contributed by atoms with Crippen molar-refractivity contribution in [2.75, 3.05) is 0 Å². The van der Waals surface area contributed by atoms with Crippen molar-refractivity contribution >= 4 is 42.3 Å². The smallest absolute Gasteiger partial charge is 0.433 e. The zero-order valence-corrected chi connectivity index (χ0v) is 21.7. The summed E-state index contributed by atoms with van der Waals surface area (Å²) in [7, 11) is -11.0. The average molecular weight is 409 g/mol. The monoisotopic (exact) mass is 408 g/mol. The Labute approximate surface area is 148 Å². The van der Waals surface area contributed by atoms with Crippen molar-refractivity contribution < 1.29 is 16.5 Å². The normalized spacial score (nSPS) is 16.8. The average Bonchev–Trinajstić information content (AvgIpc) is 2.22. The molecule has 0 amide bonds. The molecule has 136 valence electrons. The van der Waals surface area contributed by atoms with Crippen LogP contribution in [0.1, 0.15) is 0 Å². The van der Waals surface area contributed by atoms with Crippen LogP contribution in [0.2, 0.25) is 65.5 Å². The van der Waals surface area contributed by atoms with Gasteiger partial charge in [0.15, 0.2) is 16.6 Å². The van der Waals surface area contributed by atoms with Crippen LogP contribution < -0.4 is 0 Å². The molecule has 23 heavy (non-hydrogen) atoms. The molecule has 0 aliphatic heterocycles. The van der Waals surface area contributed by atoms with E-state index in [-0.39, 0.29) is 0 Å². The zero-order valence-electron chi connectivity index (χ0n) is 16.7. The molecule has 0 bridgehead atoms. The first kappa shape index (κ1) is 23.4. The summed E-state index contributed by atoms with van der Waals surface area (Å²) in [5.74, 6) is 0. The van der Waals surface area contributed by atoms with Gasteiger partial charge in [-0.3, -0.25) is 0 Å². The third-order valence-electron chi connectivity index (χ3n) is 2.86. The second kappa shape index (κ2) is 7.75. The molecule has 0 aliphatic carbocycles. The summed E-state index contributed by atoms with van der Waals surface area (Å²) in [6, 6.07) is 0. The Bertz CT molecular complexity index is 431. The molecule has 0 saturated carbocycles. The van der Waals surface area contributed by atoms with Gasteiger partial charge >= 0.3 is 17.4 Å². The lowest BCUT2D eigenvalue weighted by Gasteiger charge is -2.42. The molecule has 0 rings (SSSR count). The summed E-state index contributed by atoms with van der Waals surface area (Å²) in [5, 5.41) is 0. The van der Waals surface area contributed by atoms with Gasteiger partial charge in [0.1, 0.15) is 0 Å². The minimum absolute atomic E-state index is 1.81. The van der Waals surface area contributed by atoms with Crippen molar-refractivity contribution in [3.63, 3.8) is 0 Å². The molecule has 0 aromatic heterocycles. The number of rotatable bonds is 10. The maximum atomic E-state index is 6.50. The largest absolute Gasteiger partial charge is 0.468 e. The predicted molar refractivity (Wildman–Crippen MR) is 112 cm³/mol. The van der Waals surface area contributed by atoms with Crippen LogP contribution in [-0.2, 0) is 16.5 Å². The van der Waals surface area contributed by atoms with Crippen LogP contribution >= 0.6 is 0 Å². The van der Waals surface area contributed by atoms with Crippen LogP contribution in [-0.4, -0.2) is 42.3 Å². The number of hydrogen-bond donors (Lipinski definition) is 0. The highest BCUT2D eigenvalue weighted by molar-refractivity contribution is 6.92. The summed E-state index contributed by atoms with van der Waals surface area (Å²) >= 11 is 0. The molecule has 0 spiro atoms. The van der Waals surface area contributed by atoms with Crippen LogP contribution in [0.4, 0.5) is 0 Å². The van der Waals surface area contributed by atoms with Crippen LogP contribution in [0, 0.1) is 0 Å². The Morgan fingerprint density at radius 1 is 0.565 bits per heavy atom. The van der Waals surface area contributed by atoms with Crippen molar-refractivity contribution in [2.45, 2.75) is 65.5 Å². The van der Waals surface area contributed by atoms with Crippen molar-refractivity contribution in [1.82, 2.24) is 0 Å². The summed E-state index contributed by atoms with van der Waals surface area (Å²) in [5.41, 5.74) is 3.86. The third kappa shape index (κ3) is 10.1. The first-order chi connectivity index (χ1) is 9.95. The molecule has 1 atom stereocenters. The van der Waals surface area contributed by atoms with E-state index in [1.54, 1.807) is 0 Å². The second-order valence-electron chi connectivity index (χ2n) is 8.40. The van der Waals surface area contributed by atoms with Crippen LogP contribution in [0.15, 0.2) is 24.6 Å². The third-order valence-corrected chi connectivity index (χ3v) is 19.9. The van der Waals surface area contributed by atoms with Gasteiger partial charge in [-0.05, 0) is 58.9 Å². The topological polar surface area (TPSA) is 36.9 Å². The molecule has 0 heterocycles. The van der Waals surface area contributed by atoms with Crippen molar-refractivity contribution in [1.29, 1.82) is 0 Å². The fourth-order valence-corrected chi connectivity index (χ4v) is 22.0. The summed E-state index contributed by atoms with van der Waals surface area (Å²) in [4.78, 5) is 0. The SMILES string of the molecule is C=C[Si](C)(C)O[Si](C)(C)O[Si](C)(O[Si](C)(C)C)O[Si](C)(C)C=C. The molecule has 0 radical (unpaired) electrons. The van der Waals surface area contributed by atoms with Crippen LogP contribution in [0.3, 0.4) is 0 Å². The fraction of sp³-hybridized carbons (Fsp3) is 0.714. The highest BCUT2D eigenvalue weighted by Gasteiger charge is 2.49. The van der Waals surface area contributed by atoms with Gasteiger partial charge in [0.25, 0.3) is 0 Å². The molecule has 0 fully saturated rings.